The SMILES string of the molecule is CCOC(=O)CN(CP(=O)(OOc1cccc(C#N)c1)OOc1cccc(C#N)c1)C(=O)C(F)(F)F. The molecule has 0 radical (unpaired) electrons. The van der Waals surface area contributed by atoms with Gasteiger partial charge in [0.1, 0.15) is 12.8 Å². The summed E-state index contributed by atoms with van der Waals surface area (Å²) in [7, 11) is -4.97. The van der Waals surface area contributed by atoms with Gasteiger partial charge >= 0.3 is 25.6 Å². The molecule has 2 aromatic carbocycles. The lowest BCUT2D eigenvalue weighted by Crippen LogP contribution is -2.45. The van der Waals surface area contributed by atoms with Crippen LogP contribution in [0, 0.1) is 22.7 Å². The molecule has 190 valence electrons. The van der Waals surface area contributed by atoms with Crippen molar-refractivity contribution in [2.24, 2.45) is 0 Å². The van der Waals surface area contributed by atoms with Crippen LogP contribution in [-0.4, -0.2) is 42.4 Å². The van der Waals surface area contributed by atoms with Gasteiger partial charge in [0, 0.05) is 12.1 Å². The van der Waals surface area contributed by atoms with E-state index in [9.17, 15) is 27.3 Å². The predicted molar refractivity (Wildman–Crippen MR) is 113 cm³/mol. The monoisotopic (exact) mass is 527 g/mol. The van der Waals surface area contributed by atoms with E-state index >= 15 is 0 Å². The lowest BCUT2D eigenvalue weighted by Gasteiger charge is -2.25. The van der Waals surface area contributed by atoms with Crippen molar-refractivity contribution in [3.63, 3.8) is 0 Å². The van der Waals surface area contributed by atoms with Crippen molar-refractivity contribution in [1.29, 1.82) is 10.5 Å². The number of amides is 1. The second-order valence-electron chi connectivity index (χ2n) is 6.65. The summed E-state index contributed by atoms with van der Waals surface area (Å²) in [6, 6.07) is 14.0. The number of hydrogen-bond acceptors (Lipinski definition) is 10. The van der Waals surface area contributed by atoms with E-state index in [0.29, 0.717) is 0 Å². The first-order chi connectivity index (χ1) is 17.0. The van der Waals surface area contributed by atoms with E-state index in [2.05, 4.69) is 4.74 Å². The quantitative estimate of drug-likeness (QED) is 0.183. The second-order valence-corrected chi connectivity index (χ2v) is 8.46. The molecular weight excluding hydrogens is 510 g/mol. The highest BCUT2D eigenvalue weighted by Crippen LogP contribution is 2.50. The Morgan fingerprint density at radius 2 is 1.47 bits per heavy atom. The van der Waals surface area contributed by atoms with Crippen molar-refractivity contribution < 1.29 is 51.2 Å². The van der Waals surface area contributed by atoms with Crippen LogP contribution in [0.25, 0.3) is 0 Å². The number of nitriles is 2. The highest BCUT2D eigenvalue weighted by molar-refractivity contribution is 7.53. The molecule has 0 aliphatic carbocycles. The molecule has 11 nitrogen and oxygen atoms in total. The molecule has 0 fully saturated rings. The number of benzene rings is 2. The number of ether oxygens (including phenoxy) is 1. The summed E-state index contributed by atoms with van der Waals surface area (Å²) in [5.41, 5.74) is 0.209. The number of halogens is 3. The molecule has 0 spiro atoms. The molecule has 0 aliphatic rings. The maximum atomic E-state index is 13.3. The summed E-state index contributed by atoms with van der Waals surface area (Å²) in [6.45, 7) is -0.0672. The zero-order valence-electron chi connectivity index (χ0n) is 18.4. The number of hydrogen-bond donors (Lipinski definition) is 0. The molecule has 1 amide bonds. The number of rotatable bonds is 11. The zero-order chi connectivity index (χ0) is 26.8. The number of carbonyl (C=O) groups is 2. The van der Waals surface area contributed by atoms with Gasteiger partial charge in [-0.1, -0.05) is 21.5 Å². The van der Waals surface area contributed by atoms with E-state index in [1.807, 2.05) is 0 Å². The second kappa shape index (κ2) is 12.6. The summed E-state index contributed by atoms with van der Waals surface area (Å²) >= 11 is 0. The van der Waals surface area contributed by atoms with E-state index in [1.54, 1.807) is 12.1 Å². The van der Waals surface area contributed by atoms with E-state index in [0.717, 1.165) is 12.1 Å². The average Bonchev–Trinajstić information content (AvgIpc) is 2.85. The lowest BCUT2D eigenvalue weighted by atomic mass is 10.2. The minimum absolute atomic E-state index is 0.104. The van der Waals surface area contributed by atoms with Gasteiger partial charge in [-0.3, -0.25) is 14.2 Å². The minimum Gasteiger partial charge on any atom is -0.465 e. The molecule has 0 unspecified atom stereocenters. The molecule has 2 rings (SSSR count). The molecule has 0 aliphatic heterocycles. The topological polar surface area (TPSA) is 148 Å². The first kappa shape index (κ1) is 28.1. The Kier molecular flexibility index (Phi) is 9.82. The van der Waals surface area contributed by atoms with Gasteiger partial charge in [0.15, 0.2) is 11.5 Å². The fourth-order valence-corrected chi connectivity index (χ4v) is 3.60. The van der Waals surface area contributed by atoms with Crippen molar-refractivity contribution in [3.05, 3.63) is 59.7 Å². The van der Waals surface area contributed by atoms with Gasteiger partial charge in [-0.2, -0.15) is 23.7 Å². The molecule has 36 heavy (non-hydrogen) atoms. The van der Waals surface area contributed by atoms with Gasteiger partial charge in [0.2, 0.25) is 0 Å². The molecule has 0 saturated carbocycles. The van der Waals surface area contributed by atoms with Crippen molar-refractivity contribution >= 4 is 19.5 Å². The van der Waals surface area contributed by atoms with Gasteiger partial charge in [0.05, 0.1) is 29.9 Å². The Balaban J connectivity index is 2.34. The van der Waals surface area contributed by atoms with Crippen molar-refractivity contribution in [2.75, 3.05) is 19.4 Å². The summed E-state index contributed by atoms with van der Waals surface area (Å²) in [5, 5.41) is 17.9. The van der Waals surface area contributed by atoms with Crippen LogP contribution in [0.3, 0.4) is 0 Å². The maximum Gasteiger partial charge on any atom is 0.471 e. The summed E-state index contributed by atoms with van der Waals surface area (Å²) in [4.78, 5) is 33.3. The van der Waals surface area contributed by atoms with Crippen LogP contribution in [0.5, 0.6) is 11.5 Å². The van der Waals surface area contributed by atoms with Crippen LogP contribution in [0.2, 0.25) is 0 Å². The largest absolute Gasteiger partial charge is 0.471 e. The molecule has 0 aromatic heterocycles. The van der Waals surface area contributed by atoms with E-state index in [-0.39, 0.29) is 34.1 Å². The normalized spacial score (nSPS) is 11.1. The molecule has 0 atom stereocenters. The summed E-state index contributed by atoms with van der Waals surface area (Å²) in [6.07, 6.45) is -6.92. The minimum atomic E-state index is -5.46. The van der Waals surface area contributed by atoms with Crippen molar-refractivity contribution in [1.82, 2.24) is 4.90 Å². The fourth-order valence-electron chi connectivity index (χ4n) is 2.43. The average molecular weight is 527 g/mol. The number of carbonyl (C=O) groups excluding carboxylic acids is 2. The Hall–Kier alpha value is -4.10. The van der Waals surface area contributed by atoms with Gasteiger partial charge in [-0.15, -0.1) is 0 Å². The van der Waals surface area contributed by atoms with Crippen LogP contribution < -0.4 is 9.78 Å². The van der Waals surface area contributed by atoms with E-state index < -0.39 is 38.5 Å². The highest BCUT2D eigenvalue weighted by atomic mass is 31.2. The summed E-state index contributed by atoms with van der Waals surface area (Å²) in [5.74, 6) is -4.15. The standard InChI is InChI=1S/C21H17F3N3O8P/c1-2-31-19(28)13-27(20(29)21(22,23)24)14-36(30,34-32-17-7-3-5-15(9-17)11-25)35-33-18-8-4-6-16(10-18)12-26/h3-10H,2,13-14H2,1H3. The molecule has 0 heterocycles. The highest BCUT2D eigenvalue weighted by Gasteiger charge is 2.47. The van der Waals surface area contributed by atoms with Gasteiger partial charge in [0.25, 0.3) is 0 Å². The Morgan fingerprint density at radius 1 is 0.972 bits per heavy atom. The van der Waals surface area contributed by atoms with Crippen LogP contribution in [-0.2, 0) is 28.2 Å². The van der Waals surface area contributed by atoms with Crippen molar-refractivity contribution in [2.45, 2.75) is 13.1 Å². The number of esters is 1. The Bertz CT molecular complexity index is 1160. The third kappa shape index (κ3) is 8.60. The van der Waals surface area contributed by atoms with Crippen LogP contribution in [0.15, 0.2) is 48.5 Å². The van der Waals surface area contributed by atoms with Crippen LogP contribution in [0.1, 0.15) is 18.1 Å². The molecule has 0 saturated heterocycles. The van der Waals surface area contributed by atoms with Crippen LogP contribution in [0.4, 0.5) is 13.2 Å². The van der Waals surface area contributed by atoms with Gasteiger partial charge in [-0.25, -0.2) is 0 Å². The summed E-state index contributed by atoms with van der Waals surface area (Å²) < 4.78 is 66.8. The first-order valence-corrected chi connectivity index (χ1v) is 11.6. The van der Waals surface area contributed by atoms with E-state index in [4.69, 9.17) is 29.6 Å². The number of alkyl halides is 3. The van der Waals surface area contributed by atoms with Gasteiger partial charge < -0.3 is 19.4 Å². The van der Waals surface area contributed by atoms with Crippen molar-refractivity contribution in [3.8, 4) is 23.6 Å². The van der Waals surface area contributed by atoms with Gasteiger partial charge in [-0.05, 0) is 31.2 Å². The first-order valence-electron chi connectivity index (χ1n) is 9.83. The fraction of sp³-hybridized carbons (Fsp3) is 0.238. The predicted octanol–water partition coefficient (Wildman–Crippen LogP) is 3.86. The molecule has 0 bridgehead atoms. The lowest BCUT2D eigenvalue weighted by molar-refractivity contribution is -0.190. The molecular formula is C21H17F3N3O8P. The van der Waals surface area contributed by atoms with E-state index in [1.165, 1.54) is 43.3 Å². The number of nitrogens with zero attached hydrogens (tertiary/aromatic N) is 3. The smallest absolute Gasteiger partial charge is 0.465 e. The third-order valence-corrected chi connectivity index (χ3v) is 5.21. The maximum absolute atomic E-state index is 13.3. The Labute approximate surface area is 202 Å². The van der Waals surface area contributed by atoms with Crippen LogP contribution >= 0.6 is 7.60 Å². The molecule has 2 aromatic rings. The molecule has 15 heteroatoms. The zero-order valence-corrected chi connectivity index (χ0v) is 19.3. The third-order valence-electron chi connectivity index (χ3n) is 3.92. The Morgan fingerprint density at radius 3 is 1.89 bits per heavy atom. The molecule has 0 N–H and O–H groups in total.